The summed E-state index contributed by atoms with van der Waals surface area (Å²) >= 11 is 0. The SMILES string of the molecule is Cl.Cl.O=C(COc1ccc(Oc2ccccn2)cc1)NC1CCCNC1. The Morgan fingerprint density at radius 1 is 1.15 bits per heavy atom. The Kier molecular flexibility index (Phi) is 9.80. The molecule has 0 bridgehead atoms. The number of benzene rings is 1. The number of ether oxygens (including phenoxy) is 2. The van der Waals surface area contributed by atoms with E-state index in [1.807, 2.05) is 12.1 Å². The molecular weight excluding hydrogens is 377 g/mol. The second kappa shape index (κ2) is 11.6. The molecule has 26 heavy (non-hydrogen) atoms. The molecule has 1 amide bonds. The van der Waals surface area contributed by atoms with Crippen LogP contribution in [0.3, 0.4) is 0 Å². The Morgan fingerprint density at radius 3 is 2.58 bits per heavy atom. The first-order chi connectivity index (χ1) is 11.8. The minimum Gasteiger partial charge on any atom is -0.484 e. The van der Waals surface area contributed by atoms with Crippen molar-refractivity contribution in [2.75, 3.05) is 19.7 Å². The molecule has 0 saturated carbocycles. The minimum absolute atomic E-state index is 0. The highest BCUT2D eigenvalue weighted by Gasteiger charge is 2.15. The van der Waals surface area contributed by atoms with Crippen molar-refractivity contribution in [2.45, 2.75) is 18.9 Å². The number of aromatic nitrogens is 1. The largest absolute Gasteiger partial charge is 0.484 e. The quantitative estimate of drug-likeness (QED) is 0.780. The molecule has 2 heterocycles. The molecule has 0 aliphatic carbocycles. The third-order valence-electron chi connectivity index (χ3n) is 3.72. The zero-order valence-electron chi connectivity index (χ0n) is 14.2. The normalized spacial score (nSPS) is 15.8. The van der Waals surface area contributed by atoms with Gasteiger partial charge in [-0.25, -0.2) is 4.98 Å². The summed E-state index contributed by atoms with van der Waals surface area (Å²) in [6.07, 6.45) is 3.77. The van der Waals surface area contributed by atoms with Crippen molar-refractivity contribution in [3.63, 3.8) is 0 Å². The van der Waals surface area contributed by atoms with Gasteiger partial charge in [0.2, 0.25) is 5.88 Å². The van der Waals surface area contributed by atoms with E-state index in [9.17, 15) is 4.79 Å². The fourth-order valence-corrected chi connectivity index (χ4v) is 2.53. The number of carbonyl (C=O) groups excluding carboxylic acids is 1. The van der Waals surface area contributed by atoms with Crippen LogP contribution >= 0.6 is 24.8 Å². The summed E-state index contributed by atoms with van der Waals surface area (Å²) in [5.41, 5.74) is 0. The fourth-order valence-electron chi connectivity index (χ4n) is 2.53. The first-order valence-corrected chi connectivity index (χ1v) is 8.11. The van der Waals surface area contributed by atoms with Crippen molar-refractivity contribution in [3.8, 4) is 17.4 Å². The van der Waals surface area contributed by atoms with Crippen LogP contribution in [-0.2, 0) is 4.79 Å². The maximum atomic E-state index is 11.9. The topological polar surface area (TPSA) is 72.5 Å². The molecule has 142 valence electrons. The lowest BCUT2D eigenvalue weighted by Crippen LogP contribution is -2.46. The molecular formula is C18H23Cl2N3O3. The number of hydrogen-bond donors (Lipinski definition) is 2. The second-order valence-corrected chi connectivity index (χ2v) is 5.64. The third-order valence-corrected chi connectivity index (χ3v) is 3.72. The fraction of sp³-hybridized carbons (Fsp3) is 0.333. The predicted molar refractivity (Wildman–Crippen MR) is 105 cm³/mol. The summed E-state index contributed by atoms with van der Waals surface area (Å²) in [5.74, 6) is 1.73. The zero-order valence-corrected chi connectivity index (χ0v) is 15.9. The number of pyridine rings is 1. The number of amides is 1. The molecule has 1 aromatic carbocycles. The van der Waals surface area contributed by atoms with Gasteiger partial charge in [-0.3, -0.25) is 4.79 Å². The van der Waals surface area contributed by atoms with Crippen LogP contribution in [0.25, 0.3) is 0 Å². The van der Waals surface area contributed by atoms with Gasteiger partial charge in [0.05, 0.1) is 0 Å². The number of halogens is 2. The predicted octanol–water partition coefficient (Wildman–Crippen LogP) is 2.96. The number of carbonyl (C=O) groups is 1. The molecule has 1 unspecified atom stereocenters. The molecule has 1 aliphatic heterocycles. The average molecular weight is 400 g/mol. The van der Waals surface area contributed by atoms with Crippen LogP contribution in [-0.4, -0.2) is 36.6 Å². The van der Waals surface area contributed by atoms with Crippen molar-refractivity contribution in [1.29, 1.82) is 0 Å². The van der Waals surface area contributed by atoms with E-state index in [4.69, 9.17) is 9.47 Å². The molecule has 1 saturated heterocycles. The van der Waals surface area contributed by atoms with Gasteiger partial charge in [-0.2, -0.15) is 0 Å². The van der Waals surface area contributed by atoms with Gasteiger partial charge in [-0.15, -0.1) is 24.8 Å². The maximum Gasteiger partial charge on any atom is 0.258 e. The number of hydrogen-bond acceptors (Lipinski definition) is 5. The summed E-state index contributed by atoms with van der Waals surface area (Å²) < 4.78 is 11.1. The van der Waals surface area contributed by atoms with Gasteiger partial charge in [-0.05, 0) is 49.7 Å². The molecule has 1 aromatic heterocycles. The highest BCUT2D eigenvalue weighted by atomic mass is 35.5. The first-order valence-electron chi connectivity index (χ1n) is 8.11. The van der Waals surface area contributed by atoms with Crippen molar-refractivity contribution in [3.05, 3.63) is 48.7 Å². The molecule has 1 atom stereocenters. The maximum absolute atomic E-state index is 11.9. The van der Waals surface area contributed by atoms with Gasteiger partial charge in [-0.1, -0.05) is 6.07 Å². The molecule has 6 nitrogen and oxygen atoms in total. The van der Waals surface area contributed by atoms with E-state index >= 15 is 0 Å². The summed E-state index contributed by atoms with van der Waals surface area (Å²) in [7, 11) is 0. The molecule has 3 rings (SSSR count). The zero-order chi connectivity index (χ0) is 16.6. The summed E-state index contributed by atoms with van der Waals surface area (Å²) in [6, 6.07) is 12.8. The van der Waals surface area contributed by atoms with Crippen LogP contribution in [0.5, 0.6) is 17.4 Å². The Bertz CT molecular complexity index is 650. The van der Waals surface area contributed by atoms with E-state index in [0.717, 1.165) is 25.9 Å². The minimum atomic E-state index is -0.0995. The van der Waals surface area contributed by atoms with Crippen LogP contribution in [0.1, 0.15) is 12.8 Å². The molecule has 2 N–H and O–H groups in total. The Balaban J connectivity index is 0.00000169. The monoisotopic (exact) mass is 399 g/mol. The molecule has 8 heteroatoms. The van der Waals surface area contributed by atoms with Crippen LogP contribution < -0.4 is 20.1 Å². The van der Waals surface area contributed by atoms with Crippen molar-refractivity contribution in [1.82, 2.24) is 15.6 Å². The van der Waals surface area contributed by atoms with E-state index < -0.39 is 0 Å². The highest BCUT2D eigenvalue weighted by Crippen LogP contribution is 2.22. The van der Waals surface area contributed by atoms with Gasteiger partial charge in [0.25, 0.3) is 5.91 Å². The van der Waals surface area contributed by atoms with Crippen molar-refractivity contribution in [2.24, 2.45) is 0 Å². The molecule has 0 spiro atoms. The lowest BCUT2D eigenvalue weighted by atomic mass is 10.1. The van der Waals surface area contributed by atoms with Gasteiger partial charge in [0.1, 0.15) is 11.5 Å². The Morgan fingerprint density at radius 2 is 1.92 bits per heavy atom. The standard InChI is InChI=1S/C18H21N3O3.2ClH/c22-17(21-14-4-3-10-19-12-14)13-23-15-6-8-16(9-7-15)24-18-5-1-2-11-20-18;;/h1-2,5-9,11,14,19H,3-4,10,12-13H2,(H,21,22);2*1H. The Labute approximate surface area is 165 Å². The van der Waals surface area contributed by atoms with Gasteiger partial charge in [0, 0.05) is 24.8 Å². The number of nitrogens with one attached hydrogen (secondary N) is 2. The van der Waals surface area contributed by atoms with Crippen molar-refractivity contribution < 1.29 is 14.3 Å². The van der Waals surface area contributed by atoms with E-state index in [2.05, 4.69) is 15.6 Å². The van der Waals surface area contributed by atoms with Crippen LogP contribution in [0.4, 0.5) is 0 Å². The lowest BCUT2D eigenvalue weighted by Gasteiger charge is -2.23. The Hall–Kier alpha value is -2.02. The first kappa shape index (κ1) is 22.0. The summed E-state index contributed by atoms with van der Waals surface area (Å²) in [5, 5.41) is 6.24. The average Bonchev–Trinajstić information content (AvgIpc) is 2.63. The van der Waals surface area contributed by atoms with E-state index in [1.54, 1.807) is 36.5 Å². The number of rotatable bonds is 6. The molecule has 1 aliphatic rings. The third kappa shape index (κ3) is 7.07. The summed E-state index contributed by atoms with van der Waals surface area (Å²) in [4.78, 5) is 16.0. The molecule has 2 aromatic rings. The van der Waals surface area contributed by atoms with Gasteiger partial charge >= 0.3 is 0 Å². The van der Waals surface area contributed by atoms with E-state index in [1.165, 1.54) is 0 Å². The number of nitrogens with zero attached hydrogens (tertiary/aromatic N) is 1. The van der Waals surface area contributed by atoms with Crippen LogP contribution in [0.2, 0.25) is 0 Å². The van der Waals surface area contributed by atoms with E-state index in [-0.39, 0.29) is 43.4 Å². The van der Waals surface area contributed by atoms with Gasteiger partial charge < -0.3 is 20.1 Å². The molecule has 0 radical (unpaired) electrons. The van der Waals surface area contributed by atoms with Crippen LogP contribution in [0.15, 0.2) is 48.7 Å². The second-order valence-electron chi connectivity index (χ2n) is 5.64. The lowest BCUT2D eigenvalue weighted by molar-refractivity contribution is -0.123. The highest BCUT2D eigenvalue weighted by molar-refractivity contribution is 5.85. The van der Waals surface area contributed by atoms with Gasteiger partial charge in [0.15, 0.2) is 6.61 Å². The van der Waals surface area contributed by atoms with Crippen LogP contribution in [0, 0.1) is 0 Å². The smallest absolute Gasteiger partial charge is 0.258 e. The van der Waals surface area contributed by atoms with Crippen molar-refractivity contribution >= 4 is 30.7 Å². The molecule has 1 fully saturated rings. The number of piperidine rings is 1. The summed E-state index contributed by atoms with van der Waals surface area (Å²) in [6.45, 7) is 1.86. The van der Waals surface area contributed by atoms with E-state index in [0.29, 0.717) is 17.4 Å².